The van der Waals surface area contributed by atoms with Crippen molar-refractivity contribution in [1.82, 2.24) is 24.3 Å². The van der Waals surface area contributed by atoms with Crippen molar-refractivity contribution in [1.29, 1.82) is 0 Å². The number of carbonyl (C=O) groups is 2. The topological polar surface area (TPSA) is 119 Å². The van der Waals surface area contributed by atoms with Crippen molar-refractivity contribution in [2.75, 3.05) is 24.1 Å². The second-order valence-electron chi connectivity index (χ2n) is 9.85. The monoisotopic (exact) mass is 569 g/mol. The standard InChI is InChI=1S/C28H27F4N7O2/c1-2-4-22(40)38-11-3-5-17(15-38)26-37-23(24-25(33)35-10-12-39(24)26)19-7-6-16(13-20(19)29)27(41)36-21-14-18(8-9-34-21)28(30,31)32/h6-10,12-14,17H,2-5,11,15H2,1H3,(H2,33,35)(H,34,36,41). The number of anilines is 2. The summed E-state index contributed by atoms with van der Waals surface area (Å²) in [4.78, 5) is 39.7. The Bertz CT molecular complexity index is 1620. The van der Waals surface area contributed by atoms with Crippen LogP contribution in [0.1, 0.15) is 60.3 Å². The molecule has 2 amide bonds. The molecule has 1 fully saturated rings. The quantitative estimate of drug-likeness (QED) is 0.305. The number of pyridine rings is 1. The van der Waals surface area contributed by atoms with Crippen LogP contribution in [-0.4, -0.2) is 49.2 Å². The molecule has 9 nitrogen and oxygen atoms in total. The van der Waals surface area contributed by atoms with Gasteiger partial charge in [0.05, 0.1) is 5.56 Å². The Morgan fingerprint density at radius 2 is 1.95 bits per heavy atom. The number of aromatic nitrogens is 4. The van der Waals surface area contributed by atoms with Crippen molar-refractivity contribution in [2.24, 2.45) is 0 Å². The molecule has 1 atom stereocenters. The molecular weight excluding hydrogens is 542 g/mol. The van der Waals surface area contributed by atoms with Crippen LogP contribution in [0.4, 0.5) is 29.2 Å². The van der Waals surface area contributed by atoms with Gasteiger partial charge in [-0.25, -0.2) is 19.3 Å². The van der Waals surface area contributed by atoms with E-state index in [1.54, 1.807) is 10.6 Å². The highest BCUT2D eigenvalue weighted by Crippen LogP contribution is 2.35. The molecule has 5 rings (SSSR count). The molecule has 1 aromatic carbocycles. The summed E-state index contributed by atoms with van der Waals surface area (Å²) in [5.74, 6) is -1.22. The van der Waals surface area contributed by atoms with Gasteiger partial charge in [-0.15, -0.1) is 0 Å². The molecule has 13 heteroatoms. The minimum absolute atomic E-state index is 0.0666. The Balaban J connectivity index is 1.46. The number of alkyl halides is 3. The van der Waals surface area contributed by atoms with E-state index in [0.29, 0.717) is 36.9 Å². The first-order valence-corrected chi connectivity index (χ1v) is 13.1. The number of imidazole rings is 1. The van der Waals surface area contributed by atoms with Gasteiger partial charge in [0.1, 0.15) is 34.5 Å². The third-order valence-electron chi connectivity index (χ3n) is 7.03. The van der Waals surface area contributed by atoms with Gasteiger partial charge in [0.25, 0.3) is 5.91 Å². The van der Waals surface area contributed by atoms with Crippen LogP contribution < -0.4 is 11.1 Å². The fraction of sp³-hybridized carbons (Fsp3) is 0.321. The number of nitrogen functional groups attached to an aromatic ring is 1. The molecule has 1 saturated heterocycles. The molecule has 1 aliphatic heterocycles. The molecule has 0 spiro atoms. The van der Waals surface area contributed by atoms with Gasteiger partial charge in [0.2, 0.25) is 5.91 Å². The highest BCUT2D eigenvalue weighted by molar-refractivity contribution is 6.04. The Hall–Kier alpha value is -4.55. The average Bonchev–Trinajstić information content (AvgIpc) is 3.33. The first kappa shape index (κ1) is 28.0. The molecule has 1 aliphatic rings. The lowest BCUT2D eigenvalue weighted by atomic mass is 9.97. The van der Waals surface area contributed by atoms with Crippen LogP contribution in [0.15, 0.2) is 48.9 Å². The fourth-order valence-electron chi connectivity index (χ4n) is 5.06. The summed E-state index contributed by atoms with van der Waals surface area (Å²) in [5.41, 5.74) is 5.78. The van der Waals surface area contributed by atoms with Crippen molar-refractivity contribution in [2.45, 2.75) is 44.7 Å². The predicted octanol–water partition coefficient (Wildman–Crippen LogP) is 5.29. The number of likely N-dealkylation sites (tertiary alicyclic amines) is 1. The van der Waals surface area contributed by atoms with E-state index < -0.39 is 23.5 Å². The number of carbonyl (C=O) groups excluding carboxylic acids is 2. The normalized spacial score (nSPS) is 15.7. The number of nitrogens with two attached hydrogens (primary N) is 1. The summed E-state index contributed by atoms with van der Waals surface area (Å²) in [5, 5.41) is 2.27. The van der Waals surface area contributed by atoms with E-state index in [4.69, 9.17) is 10.7 Å². The number of hydrogen-bond acceptors (Lipinski definition) is 6. The van der Waals surface area contributed by atoms with E-state index in [1.807, 2.05) is 11.8 Å². The van der Waals surface area contributed by atoms with Gasteiger partial charge in [-0.3, -0.25) is 14.0 Å². The lowest BCUT2D eigenvalue weighted by Crippen LogP contribution is -2.39. The fourth-order valence-corrected chi connectivity index (χ4v) is 5.06. The number of piperidine rings is 1. The molecule has 3 N–H and O–H groups in total. The number of fused-ring (bicyclic) bond motifs is 1. The maximum atomic E-state index is 15.5. The second-order valence-corrected chi connectivity index (χ2v) is 9.85. The minimum atomic E-state index is -4.61. The highest BCUT2D eigenvalue weighted by atomic mass is 19.4. The Labute approximate surface area is 232 Å². The van der Waals surface area contributed by atoms with E-state index in [2.05, 4.69) is 15.3 Å². The minimum Gasteiger partial charge on any atom is -0.382 e. The Morgan fingerprint density at radius 3 is 2.68 bits per heavy atom. The summed E-state index contributed by atoms with van der Waals surface area (Å²) in [6.07, 6.45) is 2.31. The first-order valence-electron chi connectivity index (χ1n) is 13.1. The molecule has 4 aromatic rings. The third-order valence-corrected chi connectivity index (χ3v) is 7.03. The van der Waals surface area contributed by atoms with Gasteiger partial charge in [-0.1, -0.05) is 6.92 Å². The predicted molar refractivity (Wildman–Crippen MR) is 143 cm³/mol. The van der Waals surface area contributed by atoms with Crippen molar-refractivity contribution in [3.8, 4) is 11.3 Å². The number of benzene rings is 1. The van der Waals surface area contributed by atoms with Gasteiger partial charge < -0.3 is 16.0 Å². The van der Waals surface area contributed by atoms with Crippen LogP contribution in [0.5, 0.6) is 0 Å². The lowest BCUT2D eigenvalue weighted by molar-refractivity contribution is -0.137. The largest absolute Gasteiger partial charge is 0.416 e. The summed E-state index contributed by atoms with van der Waals surface area (Å²) in [6.45, 7) is 3.10. The third kappa shape index (κ3) is 5.70. The van der Waals surface area contributed by atoms with E-state index in [1.165, 1.54) is 18.3 Å². The number of hydrogen-bond donors (Lipinski definition) is 2. The molecule has 214 valence electrons. The number of rotatable bonds is 6. The van der Waals surface area contributed by atoms with E-state index >= 15 is 4.39 Å². The maximum Gasteiger partial charge on any atom is 0.416 e. The zero-order chi connectivity index (χ0) is 29.3. The van der Waals surface area contributed by atoms with Gasteiger partial charge in [-0.05, 0) is 49.6 Å². The number of amides is 2. The lowest BCUT2D eigenvalue weighted by Gasteiger charge is -2.32. The molecular formula is C28H27F4N7O2. The SMILES string of the molecule is CCCC(=O)N1CCCC(c2nc(-c3ccc(C(=O)Nc4cc(C(F)(F)F)ccn4)cc3F)c3c(N)nccn23)C1. The molecule has 4 heterocycles. The van der Waals surface area contributed by atoms with Crippen LogP contribution in [0.2, 0.25) is 0 Å². The molecule has 0 saturated carbocycles. The number of halogens is 4. The first-order chi connectivity index (χ1) is 19.6. The van der Waals surface area contributed by atoms with Crippen LogP contribution >= 0.6 is 0 Å². The van der Waals surface area contributed by atoms with Crippen molar-refractivity contribution in [3.63, 3.8) is 0 Å². The van der Waals surface area contributed by atoms with E-state index in [-0.39, 0.29) is 40.3 Å². The molecule has 0 aliphatic carbocycles. The van der Waals surface area contributed by atoms with E-state index in [0.717, 1.165) is 37.6 Å². The van der Waals surface area contributed by atoms with Gasteiger partial charge >= 0.3 is 6.18 Å². The van der Waals surface area contributed by atoms with Crippen LogP contribution in [0.3, 0.4) is 0 Å². The van der Waals surface area contributed by atoms with E-state index in [9.17, 15) is 22.8 Å². The average molecular weight is 570 g/mol. The van der Waals surface area contributed by atoms with Crippen molar-refractivity contribution < 1.29 is 27.2 Å². The highest BCUT2D eigenvalue weighted by Gasteiger charge is 2.31. The smallest absolute Gasteiger partial charge is 0.382 e. The summed E-state index contributed by atoms with van der Waals surface area (Å²) >= 11 is 0. The zero-order valence-electron chi connectivity index (χ0n) is 22.1. The molecule has 0 radical (unpaired) electrons. The van der Waals surface area contributed by atoms with Gasteiger partial charge in [0.15, 0.2) is 0 Å². The molecule has 1 unspecified atom stereocenters. The van der Waals surface area contributed by atoms with Crippen molar-refractivity contribution in [3.05, 3.63) is 71.7 Å². The Kier molecular flexibility index (Phi) is 7.61. The van der Waals surface area contributed by atoms with Gasteiger partial charge in [0, 0.05) is 55.1 Å². The van der Waals surface area contributed by atoms with Crippen LogP contribution in [-0.2, 0) is 11.0 Å². The summed E-state index contributed by atoms with van der Waals surface area (Å²) in [6, 6.07) is 5.15. The van der Waals surface area contributed by atoms with Crippen LogP contribution in [0.25, 0.3) is 16.8 Å². The Morgan fingerprint density at radius 1 is 1.15 bits per heavy atom. The summed E-state index contributed by atoms with van der Waals surface area (Å²) in [7, 11) is 0. The maximum absolute atomic E-state index is 15.5. The molecule has 0 bridgehead atoms. The second kappa shape index (κ2) is 11.1. The van der Waals surface area contributed by atoms with Crippen LogP contribution in [0, 0.1) is 5.82 Å². The molecule has 3 aromatic heterocycles. The van der Waals surface area contributed by atoms with Crippen molar-refractivity contribution >= 4 is 29.0 Å². The number of nitrogens with zero attached hydrogens (tertiary/aromatic N) is 5. The zero-order valence-corrected chi connectivity index (χ0v) is 22.1. The number of nitrogens with one attached hydrogen (secondary N) is 1. The summed E-state index contributed by atoms with van der Waals surface area (Å²) < 4.78 is 56.3. The van der Waals surface area contributed by atoms with Gasteiger partial charge in [-0.2, -0.15) is 13.2 Å². The molecule has 41 heavy (non-hydrogen) atoms.